The summed E-state index contributed by atoms with van der Waals surface area (Å²) in [6.45, 7) is 1.89. The van der Waals surface area contributed by atoms with Crippen molar-refractivity contribution in [3.8, 4) is 0 Å². The number of carbonyl (C=O) groups is 1. The lowest BCUT2D eigenvalue weighted by molar-refractivity contribution is 0.0343. The molecule has 0 amide bonds. The maximum atomic E-state index is 12.2. The van der Waals surface area contributed by atoms with Gasteiger partial charge in [0.25, 0.3) is 0 Å². The molecule has 2 heterocycles. The van der Waals surface area contributed by atoms with Gasteiger partial charge in [-0.05, 0) is 38.5 Å². The summed E-state index contributed by atoms with van der Waals surface area (Å²) in [5.74, 6) is 1.14. The van der Waals surface area contributed by atoms with Crippen molar-refractivity contribution in [2.24, 2.45) is 5.92 Å². The second-order valence-corrected chi connectivity index (χ2v) is 8.20. The SMILES string of the molecule is CC(OC(=O)c1cnc(CC2CC2)s1)c1nc(C2CC2)cs1. The monoisotopic (exact) mass is 334 g/mol. The van der Waals surface area contributed by atoms with Crippen LogP contribution in [-0.2, 0) is 11.2 Å². The molecule has 0 radical (unpaired) electrons. The number of aromatic nitrogens is 2. The highest BCUT2D eigenvalue weighted by molar-refractivity contribution is 7.13. The summed E-state index contributed by atoms with van der Waals surface area (Å²) in [5.41, 5.74) is 1.16. The van der Waals surface area contributed by atoms with E-state index >= 15 is 0 Å². The second kappa shape index (κ2) is 5.74. The lowest BCUT2D eigenvalue weighted by atomic mass is 10.3. The molecule has 116 valence electrons. The Morgan fingerprint density at radius 3 is 2.95 bits per heavy atom. The maximum Gasteiger partial charge on any atom is 0.350 e. The Balaban J connectivity index is 1.38. The Kier molecular flexibility index (Phi) is 3.74. The van der Waals surface area contributed by atoms with E-state index < -0.39 is 0 Å². The normalized spacial score (nSPS) is 19.1. The van der Waals surface area contributed by atoms with Crippen LogP contribution in [0.4, 0.5) is 0 Å². The van der Waals surface area contributed by atoms with Gasteiger partial charge in [-0.25, -0.2) is 14.8 Å². The Labute approximate surface area is 137 Å². The van der Waals surface area contributed by atoms with Crippen molar-refractivity contribution in [1.82, 2.24) is 9.97 Å². The number of ether oxygens (including phenoxy) is 1. The number of carbonyl (C=O) groups excluding carboxylic acids is 1. The van der Waals surface area contributed by atoms with Crippen LogP contribution in [-0.4, -0.2) is 15.9 Å². The van der Waals surface area contributed by atoms with Crippen molar-refractivity contribution in [1.29, 1.82) is 0 Å². The first-order chi connectivity index (χ1) is 10.7. The fourth-order valence-electron chi connectivity index (χ4n) is 2.39. The molecule has 0 N–H and O–H groups in total. The largest absolute Gasteiger partial charge is 0.451 e. The average Bonchev–Trinajstić information content (AvgIpc) is 3.41. The molecule has 2 saturated carbocycles. The van der Waals surface area contributed by atoms with E-state index in [0.29, 0.717) is 10.8 Å². The van der Waals surface area contributed by atoms with Crippen LogP contribution in [0.2, 0.25) is 0 Å². The molecule has 0 bridgehead atoms. The van der Waals surface area contributed by atoms with Gasteiger partial charge in [0.15, 0.2) is 6.10 Å². The lowest BCUT2D eigenvalue weighted by Gasteiger charge is -2.09. The quantitative estimate of drug-likeness (QED) is 0.737. The average molecular weight is 334 g/mol. The summed E-state index contributed by atoms with van der Waals surface area (Å²) < 4.78 is 5.55. The van der Waals surface area contributed by atoms with Crippen molar-refractivity contribution in [3.63, 3.8) is 0 Å². The Morgan fingerprint density at radius 1 is 1.41 bits per heavy atom. The molecular weight excluding hydrogens is 316 g/mol. The summed E-state index contributed by atoms with van der Waals surface area (Å²) in [4.78, 5) is 21.8. The molecule has 0 aliphatic heterocycles. The fourth-order valence-corrected chi connectivity index (χ4v) is 4.19. The molecule has 0 saturated heterocycles. The summed E-state index contributed by atoms with van der Waals surface area (Å²) in [6.07, 6.45) is 7.43. The van der Waals surface area contributed by atoms with Crippen LogP contribution in [0.15, 0.2) is 11.6 Å². The van der Waals surface area contributed by atoms with E-state index in [9.17, 15) is 4.79 Å². The van der Waals surface area contributed by atoms with Crippen molar-refractivity contribution in [2.75, 3.05) is 0 Å². The van der Waals surface area contributed by atoms with E-state index in [1.807, 2.05) is 6.92 Å². The molecule has 2 aromatic heterocycles. The summed E-state index contributed by atoms with van der Waals surface area (Å²) >= 11 is 3.05. The molecule has 2 aromatic rings. The van der Waals surface area contributed by atoms with Crippen LogP contribution in [0.25, 0.3) is 0 Å². The van der Waals surface area contributed by atoms with Crippen molar-refractivity contribution < 1.29 is 9.53 Å². The zero-order valence-corrected chi connectivity index (χ0v) is 14.1. The fraction of sp³-hybridized carbons (Fsp3) is 0.562. The van der Waals surface area contributed by atoms with Gasteiger partial charge in [0.1, 0.15) is 9.88 Å². The van der Waals surface area contributed by atoms with Crippen LogP contribution >= 0.6 is 22.7 Å². The van der Waals surface area contributed by atoms with Crippen molar-refractivity contribution in [2.45, 2.75) is 51.0 Å². The molecule has 1 unspecified atom stereocenters. The predicted molar refractivity (Wildman–Crippen MR) is 86.5 cm³/mol. The zero-order valence-electron chi connectivity index (χ0n) is 12.4. The topological polar surface area (TPSA) is 52.1 Å². The molecule has 4 rings (SSSR count). The van der Waals surface area contributed by atoms with Crippen LogP contribution in [0.1, 0.15) is 70.0 Å². The first-order valence-corrected chi connectivity index (χ1v) is 9.49. The summed E-state index contributed by atoms with van der Waals surface area (Å²) in [7, 11) is 0. The molecule has 2 aliphatic carbocycles. The van der Waals surface area contributed by atoms with Crippen LogP contribution in [0, 0.1) is 5.92 Å². The highest BCUT2D eigenvalue weighted by Gasteiger charge is 2.28. The minimum atomic E-state index is -0.293. The van der Waals surface area contributed by atoms with Gasteiger partial charge in [-0.1, -0.05) is 0 Å². The number of hydrogen-bond donors (Lipinski definition) is 0. The van der Waals surface area contributed by atoms with Gasteiger partial charge in [-0.15, -0.1) is 22.7 Å². The predicted octanol–water partition coefficient (Wildman–Crippen LogP) is 4.35. The van der Waals surface area contributed by atoms with Gasteiger partial charge in [0.2, 0.25) is 0 Å². The standard InChI is InChI=1S/C16H18N2O2S2/c1-9(15-18-12(8-21-15)11-4-5-11)20-16(19)13-7-17-14(22-13)6-10-2-3-10/h7-11H,2-6H2,1H3. The molecule has 2 fully saturated rings. The van der Waals surface area contributed by atoms with Crippen LogP contribution in [0.3, 0.4) is 0 Å². The van der Waals surface area contributed by atoms with Crippen molar-refractivity contribution >= 4 is 28.6 Å². The van der Waals surface area contributed by atoms with Gasteiger partial charge in [0.05, 0.1) is 16.9 Å². The van der Waals surface area contributed by atoms with Crippen molar-refractivity contribution in [3.05, 3.63) is 32.2 Å². The Morgan fingerprint density at radius 2 is 2.23 bits per heavy atom. The molecule has 4 nitrogen and oxygen atoms in total. The van der Waals surface area contributed by atoms with Gasteiger partial charge in [-0.2, -0.15) is 0 Å². The first-order valence-electron chi connectivity index (χ1n) is 7.80. The minimum absolute atomic E-state index is 0.282. The molecule has 6 heteroatoms. The first kappa shape index (κ1) is 14.3. The molecule has 22 heavy (non-hydrogen) atoms. The van der Waals surface area contributed by atoms with Crippen LogP contribution in [0.5, 0.6) is 0 Å². The highest BCUT2D eigenvalue weighted by Crippen LogP contribution is 2.41. The van der Waals surface area contributed by atoms with Gasteiger partial charge >= 0.3 is 5.97 Å². The third kappa shape index (κ3) is 3.22. The molecule has 1 atom stereocenters. The number of rotatable bonds is 6. The van der Waals surface area contributed by atoms with E-state index in [2.05, 4.69) is 15.3 Å². The van der Waals surface area contributed by atoms with E-state index in [-0.39, 0.29) is 12.1 Å². The number of nitrogens with zero attached hydrogens (tertiary/aromatic N) is 2. The number of esters is 1. The summed E-state index contributed by atoms with van der Waals surface area (Å²) in [6, 6.07) is 0. The smallest absolute Gasteiger partial charge is 0.350 e. The summed E-state index contributed by atoms with van der Waals surface area (Å²) in [5, 5.41) is 4.03. The minimum Gasteiger partial charge on any atom is -0.451 e. The van der Waals surface area contributed by atoms with Gasteiger partial charge in [0, 0.05) is 17.7 Å². The molecule has 2 aliphatic rings. The maximum absolute atomic E-state index is 12.2. The van der Waals surface area contributed by atoms with Gasteiger partial charge < -0.3 is 4.74 Å². The Hall–Kier alpha value is -1.27. The van der Waals surface area contributed by atoms with E-state index in [1.54, 1.807) is 17.5 Å². The lowest BCUT2D eigenvalue weighted by Crippen LogP contribution is -2.07. The van der Waals surface area contributed by atoms with Gasteiger partial charge in [-0.3, -0.25) is 0 Å². The molecule has 0 aromatic carbocycles. The van der Waals surface area contributed by atoms with Crippen LogP contribution < -0.4 is 0 Å². The molecule has 0 spiro atoms. The van der Waals surface area contributed by atoms with E-state index in [0.717, 1.165) is 28.0 Å². The third-order valence-corrected chi connectivity index (χ3v) is 6.11. The number of hydrogen-bond acceptors (Lipinski definition) is 6. The van der Waals surface area contributed by atoms with E-state index in [4.69, 9.17) is 4.74 Å². The third-order valence-electron chi connectivity index (χ3n) is 4.08. The Bertz CT molecular complexity index is 686. The highest BCUT2D eigenvalue weighted by atomic mass is 32.1. The van der Waals surface area contributed by atoms with E-state index in [1.165, 1.54) is 37.0 Å². The number of thiazole rings is 2. The zero-order chi connectivity index (χ0) is 15.1. The molecular formula is C16H18N2O2S2. The second-order valence-electron chi connectivity index (χ2n) is 6.20.